The lowest BCUT2D eigenvalue weighted by Crippen LogP contribution is -2.33. The maximum atomic E-state index is 10.5. The van der Waals surface area contributed by atoms with Crippen molar-refractivity contribution in [3.8, 4) is 28.5 Å². The third kappa shape index (κ3) is 4.69. The lowest BCUT2D eigenvalue weighted by Gasteiger charge is -2.20. The highest BCUT2D eigenvalue weighted by Gasteiger charge is 2.27. The number of β-amino-alcohol motifs (C(OH)–C–C–N with tert-alkyl or cyclic N) is 1. The van der Waals surface area contributed by atoms with Gasteiger partial charge in [0.15, 0.2) is 17.3 Å². The fraction of sp³-hybridized carbons (Fsp3) is 0.423. The van der Waals surface area contributed by atoms with Crippen molar-refractivity contribution >= 4 is 11.5 Å². The number of ether oxygens (including phenoxy) is 3. The molecule has 2 aliphatic rings. The minimum atomic E-state index is -0.540. The number of fused-ring (bicyclic) bond motifs is 3. The van der Waals surface area contributed by atoms with Gasteiger partial charge in [-0.05, 0) is 62.7 Å². The molecule has 1 unspecified atom stereocenters. The molecule has 180 valence electrons. The van der Waals surface area contributed by atoms with E-state index in [1.165, 1.54) is 12.8 Å². The molecule has 5 rings (SSSR count). The number of aromatic amines is 1. The monoisotopic (exact) mass is 464 g/mol. The highest BCUT2D eigenvalue weighted by Crippen LogP contribution is 2.44. The van der Waals surface area contributed by atoms with Crippen molar-refractivity contribution in [2.75, 3.05) is 45.3 Å². The van der Waals surface area contributed by atoms with Crippen molar-refractivity contribution in [3.05, 3.63) is 47.5 Å². The quantitative estimate of drug-likeness (QED) is 0.327. The van der Waals surface area contributed by atoms with E-state index in [0.717, 1.165) is 59.1 Å². The Balaban J connectivity index is 1.34. The van der Waals surface area contributed by atoms with E-state index in [0.29, 0.717) is 24.7 Å². The van der Waals surface area contributed by atoms with E-state index in [9.17, 15) is 5.11 Å². The number of methoxy groups -OCH3 is 1. The van der Waals surface area contributed by atoms with Gasteiger partial charge in [0.25, 0.3) is 0 Å². The van der Waals surface area contributed by atoms with E-state index in [2.05, 4.69) is 20.4 Å². The number of aliphatic hydroxyl groups is 1. The van der Waals surface area contributed by atoms with Crippen LogP contribution in [0, 0.1) is 0 Å². The van der Waals surface area contributed by atoms with E-state index in [1.54, 1.807) is 7.11 Å². The summed E-state index contributed by atoms with van der Waals surface area (Å²) in [7, 11) is 1.66. The highest BCUT2D eigenvalue weighted by atomic mass is 16.5. The Bertz CT molecular complexity index is 1140. The lowest BCUT2D eigenvalue weighted by molar-refractivity contribution is 0.0744. The van der Waals surface area contributed by atoms with Crippen LogP contribution >= 0.6 is 0 Å². The van der Waals surface area contributed by atoms with E-state index in [4.69, 9.17) is 14.2 Å². The molecule has 3 N–H and O–H groups in total. The average Bonchev–Trinajstić information content (AvgIpc) is 3.56. The normalized spacial score (nSPS) is 15.6. The minimum Gasteiger partial charge on any atom is -0.497 e. The van der Waals surface area contributed by atoms with Crippen molar-refractivity contribution < 1.29 is 19.3 Å². The van der Waals surface area contributed by atoms with Crippen molar-refractivity contribution in [2.45, 2.75) is 32.3 Å². The van der Waals surface area contributed by atoms with Gasteiger partial charge in [0, 0.05) is 35.8 Å². The van der Waals surface area contributed by atoms with Crippen LogP contribution in [0.2, 0.25) is 0 Å². The molecule has 1 fully saturated rings. The van der Waals surface area contributed by atoms with Gasteiger partial charge in [-0.15, -0.1) is 0 Å². The zero-order valence-corrected chi connectivity index (χ0v) is 19.8. The maximum absolute atomic E-state index is 10.5. The molecule has 1 aliphatic carbocycles. The topological polar surface area (TPSA) is 91.9 Å². The molecule has 34 heavy (non-hydrogen) atoms. The van der Waals surface area contributed by atoms with Crippen LogP contribution in [0.25, 0.3) is 11.3 Å². The third-order valence-corrected chi connectivity index (χ3v) is 6.40. The summed E-state index contributed by atoms with van der Waals surface area (Å²) in [4.78, 5) is 2.29. The van der Waals surface area contributed by atoms with Crippen LogP contribution in [0.15, 0.2) is 36.4 Å². The fourth-order valence-electron chi connectivity index (χ4n) is 4.76. The summed E-state index contributed by atoms with van der Waals surface area (Å²) in [5.41, 5.74) is 5.20. The summed E-state index contributed by atoms with van der Waals surface area (Å²) < 4.78 is 17.3. The molecule has 8 heteroatoms. The van der Waals surface area contributed by atoms with Crippen molar-refractivity contribution in [1.82, 2.24) is 15.1 Å². The SMILES string of the molecule is CCOc1cc2c(cc1OCC(O)CN1CCCC1)-c1[nH]nc(Nc3cccc(OC)c3)c1C2. The van der Waals surface area contributed by atoms with Gasteiger partial charge in [-0.2, -0.15) is 5.10 Å². The Morgan fingerprint density at radius 1 is 1.15 bits per heavy atom. The van der Waals surface area contributed by atoms with Crippen LogP contribution < -0.4 is 19.5 Å². The lowest BCUT2D eigenvalue weighted by atomic mass is 10.1. The van der Waals surface area contributed by atoms with E-state index in [-0.39, 0.29) is 6.61 Å². The Kier molecular flexibility index (Phi) is 6.60. The molecule has 0 bridgehead atoms. The number of anilines is 2. The van der Waals surface area contributed by atoms with Crippen LogP contribution in [0.3, 0.4) is 0 Å². The Hall–Kier alpha value is -3.23. The molecule has 0 saturated carbocycles. The number of nitrogens with zero attached hydrogens (tertiary/aromatic N) is 2. The molecule has 0 spiro atoms. The average molecular weight is 465 g/mol. The van der Waals surface area contributed by atoms with Crippen LogP contribution in [-0.2, 0) is 6.42 Å². The zero-order valence-electron chi connectivity index (χ0n) is 19.8. The molecule has 8 nitrogen and oxygen atoms in total. The molecule has 1 aliphatic heterocycles. The molecule has 0 amide bonds. The first kappa shape index (κ1) is 22.6. The predicted octanol–water partition coefficient (Wildman–Crippen LogP) is 3.97. The van der Waals surface area contributed by atoms with Gasteiger partial charge in [-0.3, -0.25) is 5.10 Å². The molecular formula is C26H32N4O4. The van der Waals surface area contributed by atoms with Gasteiger partial charge >= 0.3 is 0 Å². The summed E-state index contributed by atoms with van der Waals surface area (Å²) in [6.45, 7) is 5.47. The molecule has 1 atom stereocenters. The first-order chi connectivity index (χ1) is 16.6. The Labute approximate surface area is 199 Å². The molecule has 1 saturated heterocycles. The number of hydrogen-bond donors (Lipinski definition) is 3. The van der Waals surface area contributed by atoms with Crippen molar-refractivity contribution in [2.24, 2.45) is 0 Å². The highest BCUT2D eigenvalue weighted by molar-refractivity contribution is 5.81. The number of rotatable bonds is 10. The van der Waals surface area contributed by atoms with E-state index >= 15 is 0 Å². The summed E-state index contributed by atoms with van der Waals surface area (Å²) in [5.74, 6) is 2.93. The molecule has 1 aromatic heterocycles. The third-order valence-electron chi connectivity index (χ3n) is 6.40. The van der Waals surface area contributed by atoms with Crippen LogP contribution in [0.5, 0.6) is 17.2 Å². The van der Waals surface area contributed by atoms with Crippen LogP contribution in [0.1, 0.15) is 30.9 Å². The smallest absolute Gasteiger partial charge is 0.162 e. The van der Waals surface area contributed by atoms with E-state index in [1.807, 2.05) is 43.3 Å². The summed E-state index contributed by atoms with van der Waals surface area (Å²) in [6.07, 6.45) is 2.61. The number of nitrogens with one attached hydrogen (secondary N) is 2. The zero-order chi connectivity index (χ0) is 23.5. The minimum absolute atomic E-state index is 0.230. The predicted molar refractivity (Wildman–Crippen MR) is 131 cm³/mol. The Morgan fingerprint density at radius 3 is 2.76 bits per heavy atom. The summed E-state index contributed by atoms with van der Waals surface area (Å²) in [6, 6.07) is 11.8. The number of hydrogen-bond acceptors (Lipinski definition) is 7. The maximum Gasteiger partial charge on any atom is 0.162 e. The second-order valence-corrected chi connectivity index (χ2v) is 8.82. The van der Waals surface area contributed by atoms with Gasteiger partial charge in [-0.1, -0.05) is 6.07 Å². The molecule has 2 heterocycles. The fourth-order valence-corrected chi connectivity index (χ4v) is 4.76. The first-order valence-electron chi connectivity index (χ1n) is 12.0. The second-order valence-electron chi connectivity index (χ2n) is 8.82. The first-order valence-corrected chi connectivity index (χ1v) is 12.0. The van der Waals surface area contributed by atoms with Gasteiger partial charge in [-0.25, -0.2) is 0 Å². The van der Waals surface area contributed by atoms with E-state index < -0.39 is 6.10 Å². The molecule has 3 aromatic rings. The van der Waals surface area contributed by atoms with Crippen LogP contribution in [0.4, 0.5) is 11.5 Å². The van der Waals surface area contributed by atoms with Gasteiger partial charge in [0.1, 0.15) is 18.5 Å². The number of aliphatic hydroxyl groups excluding tert-OH is 1. The van der Waals surface area contributed by atoms with Gasteiger partial charge in [0.05, 0.1) is 19.4 Å². The molecule has 0 radical (unpaired) electrons. The van der Waals surface area contributed by atoms with Gasteiger partial charge in [0.2, 0.25) is 0 Å². The number of likely N-dealkylation sites (tertiary alicyclic amines) is 1. The summed E-state index contributed by atoms with van der Waals surface area (Å²) in [5, 5.41) is 21.6. The van der Waals surface area contributed by atoms with Gasteiger partial charge < -0.3 is 29.5 Å². The van der Waals surface area contributed by atoms with Crippen LogP contribution in [-0.4, -0.2) is 66.3 Å². The number of H-pyrrole nitrogens is 1. The number of benzene rings is 2. The molecule has 2 aromatic carbocycles. The number of aromatic nitrogens is 2. The largest absolute Gasteiger partial charge is 0.497 e. The second kappa shape index (κ2) is 9.95. The molecular weight excluding hydrogens is 432 g/mol. The van der Waals surface area contributed by atoms with Crippen molar-refractivity contribution in [3.63, 3.8) is 0 Å². The summed E-state index contributed by atoms with van der Waals surface area (Å²) >= 11 is 0. The van der Waals surface area contributed by atoms with Crippen molar-refractivity contribution in [1.29, 1.82) is 0 Å². The Morgan fingerprint density at radius 2 is 1.97 bits per heavy atom. The standard InChI is InChI=1S/C26H32N4O4/c1-3-33-23-12-17-11-22-25(28-29-26(22)27-18-7-6-8-20(13-18)32-2)21(17)14-24(23)34-16-19(31)15-30-9-4-5-10-30/h6-8,12-14,19,31H,3-5,9-11,15-16H2,1-2H3,(H2,27,28,29).